The zero-order chi connectivity index (χ0) is 11.1. The maximum Gasteiger partial charge on any atom is 0.165 e. The first kappa shape index (κ1) is 11.9. The summed E-state index contributed by atoms with van der Waals surface area (Å²) in [5.74, 6) is 1.65. The molecule has 1 N–H and O–H groups in total. The van der Waals surface area contributed by atoms with E-state index < -0.39 is 0 Å². The summed E-state index contributed by atoms with van der Waals surface area (Å²) in [4.78, 5) is 0. The van der Waals surface area contributed by atoms with Crippen LogP contribution in [0.4, 0.5) is 0 Å². The molecule has 0 amide bonds. The quantitative estimate of drug-likeness (QED) is 0.779. The van der Waals surface area contributed by atoms with Crippen LogP contribution in [0.2, 0.25) is 0 Å². The summed E-state index contributed by atoms with van der Waals surface area (Å²) < 4.78 is 10.9. The monoisotopic (exact) mass is 209 g/mol. The van der Waals surface area contributed by atoms with E-state index >= 15 is 0 Å². The van der Waals surface area contributed by atoms with Gasteiger partial charge in [0.2, 0.25) is 0 Å². The van der Waals surface area contributed by atoms with Gasteiger partial charge in [-0.05, 0) is 19.5 Å². The van der Waals surface area contributed by atoms with Crippen LogP contribution < -0.4 is 14.8 Å². The number of ether oxygens (including phenoxy) is 2. The van der Waals surface area contributed by atoms with E-state index in [1.165, 1.54) is 0 Å². The van der Waals surface area contributed by atoms with Gasteiger partial charge in [-0.1, -0.05) is 19.1 Å². The maximum absolute atomic E-state index is 5.59. The standard InChI is InChI=1S/C12H19NO2/c1-4-13-9-10-7-6-8-11(14-3)12(10)15-5-2/h6-8,13H,4-5,9H2,1-3H3. The third kappa shape index (κ3) is 3.13. The van der Waals surface area contributed by atoms with Gasteiger partial charge in [-0.2, -0.15) is 0 Å². The van der Waals surface area contributed by atoms with Gasteiger partial charge in [0.05, 0.1) is 13.7 Å². The molecule has 1 rings (SSSR count). The molecule has 0 aromatic heterocycles. The Morgan fingerprint density at radius 2 is 2.07 bits per heavy atom. The van der Waals surface area contributed by atoms with Crippen molar-refractivity contribution in [2.24, 2.45) is 0 Å². The lowest BCUT2D eigenvalue weighted by molar-refractivity contribution is 0.307. The van der Waals surface area contributed by atoms with Gasteiger partial charge in [-0.25, -0.2) is 0 Å². The van der Waals surface area contributed by atoms with Gasteiger partial charge in [0.15, 0.2) is 11.5 Å². The highest BCUT2D eigenvalue weighted by Crippen LogP contribution is 2.30. The number of hydrogen-bond donors (Lipinski definition) is 1. The predicted octanol–water partition coefficient (Wildman–Crippen LogP) is 2.20. The van der Waals surface area contributed by atoms with Gasteiger partial charge in [0, 0.05) is 12.1 Å². The molecule has 0 aliphatic heterocycles. The zero-order valence-corrected chi connectivity index (χ0v) is 9.67. The lowest BCUT2D eigenvalue weighted by Crippen LogP contribution is -2.13. The van der Waals surface area contributed by atoms with Crippen LogP contribution in [0.25, 0.3) is 0 Å². The van der Waals surface area contributed by atoms with Crippen LogP contribution >= 0.6 is 0 Å². The minimum atomic E-state index is 0.652. The van der Waals surface area contributed by atoms with Gasteiger partial charge >= 0.3 is 0 Å². The van der Waals surface area contributed by atoms with E-state index in [-0.39, 0.29) is 0 Å². The number of benzene rings is 1. The molecule has 3 heteroatoms. The zero-order valence-electron chi connectivity index (χ0n) is 9.67. The summed E-state index contributed by atoms with van der Waals surface area (Å²) >= 11 is 0. The van der Waals surface area contributed by atoms with Crippen molar-refractivity contribution in [1.29, 1.82) is 0 Å². The third-order valence-corrected chi connectivity index (χ3v) is 2.13. The molecule has 0 fully saturated rings. The van der Waals surface area contributed by atoms with E-state index in [4.69, 9.17) is 9.47 Å². The summed E-state index contributed by atoms with van der Waals surface area (Å²) in [7, 11) is 1.66. The summed E-state index contributed by atoms with van der Waals surface area (Å²) in [5.41, 5.74) is 1.14. The average molecular weight is 209 g/mol. The molecule has 1 aromatic rings. The van der Waals surface area contributed by atoms with E-state index in [9.17, 15) is 0 Å². The Bertz CT molecular complexity index is 300. The summed E-state index contributed by atoms with van der Waals surface area (Å²) in [6.07, 6.45) is 0. The molecule has 0 aliphatic rings. The van der Waals surface area contributed by atoms with Crippen molar-refractivity contribution in [3.63, 3.8) is 0 Å². The fourth-order valence-corrected chi connectivity index (χ4v) is 1.43. The number of rotatable bonds is 6. The number of hydrogen-bond acceptors (Lipinski definition) is 3. The van der Waals surface area contributed by atoms with Crippen LogP contribution in [0, 0.1) is 0 Å². The molecule has 0 unspecified atom stereocenters. The summed E-state index contributed by atoms with van der Waals surface area (Å²) in [6, 6.07) is 5.95. The molecule has 0 aliphatic carbocycles. The van der Waals surface area contributed by atoms with E-state index in [0.717, 1.165) is 30.2 Å². The van der Waals surface area contributed by atoms with E-state index in [0.29, 0.717) is 6.61 Å². The molecule has 0 saturated heterocycles. The molecule has 0 heterocycles. The molecule has 0 atom stereocenters. The lowest BCUT2D eigenvalue weighted by Gasteiger charge is -2.14. The van der Waals surface area contributed by atoms with E-state index in [1.807, 2.05) is 19.1 Å². The number of nitrogens with one attached hydrogen (secondary N) is 1. The molecule has 0 bridgehead atoms. The van der Waals surface area contributed by atoms with E-state index in [1.54, 1.807) is 7.11 Å². The van der Waals surface area contributed by atoms with Gasteiger partial charge in [0.1, 0.15) is 0 Å². The molecule has 0 spiro atoms. The van der Waals surface area contributed by atoms with Crippen LogP contribution in [0.5, 0.6) is 11.5 Å². The first-order valence-corrected chi connectivity index (χ1v) is 5.32. The molecule has 84 valence electrons. The predicted molar refractivity (Wildman–Crippen MR) is 61.5 cm³/mol. The fraction of sp³-hybridized carbons (Fsp3) is 0.500. The lowest BCUT2D eigenvalue weighted by atomic mass is 10.2. The largest absolute Gasteiger partial charge is 0.493 e. The first-order chi connectivity index (χ1) is 7.33. The normalized spacial score (nSPS) is 10.1. The van der Waals surface area contributed by atoms with Crippen molar-refractivity contribution < 1.29 is 9.47 Å². The van der Waals surface area contributed by atoms with Crippen molar-refractivity contribution in [3.8, 4) is 11.5 Å². The van der Waals surface area contributed by atoms with Crippen molar-refractivity contribution >= 4 is 0 Å². The topological polar surface area (TPSA) is 30.5 Å². The minimum absolute atomic E-state index is 0.652. The van der Waals surface area contributed by atoms with Crippen molar-refractivity contribution in [2.75, 3.05) is 20.3 Å². The Morgan fingerprint density at radius 1 is 1.27 bits per heavy atom. The first-order valence-electron chi connectivity index (χ1n) is 5.32. The second kappa shape index (κ2) is 6.30. The highest BCUT2D eigenvalue weighted by atomic mass is 16.5. The molecule has 0 saturated carbocycles. The average Bonchev–Trinajstić information content (AvgIpc) is 2.28. The van der Waals surface area contributed by atoms with Crippen LogP contribution in [0.15, 0.2) is 18.2 Å². The fourth-order valence-electron chi connectivity index (χ4n) is 1.43. The second-order valence-electron chi connectivity index (χ2n) is 3.16. The van der Waals surface area contributed by atoms with Crippen LogP contribution in [-0.4, -0.2) is 20.3 Å². The molecule has 3 nitrogen and oxygen atoms in total. The van der Waals surface area contributed by atoms with Gasteiger partial charge in [-0.15, -0.1) is 0 Å². The van der Waals surface area contributed by atoms with Crippen LogP contribution in [0.3, 0.4) is 0 Å². The molecule has 15 heavy (non-hydrogen) atoms. The van der Waals surface area contributed by atoms with Crippen LogP contribution in [0.1, 0.15) is 19.4 Å². The summed E-state index contributed by atoms with van der Waals surface area (Å²) in [5, 5.41) is 3.28. The number of para-hydroxylation sites is 1. The van der Waals surface area contributed by atoms with Crippen molar-refractivity contribution in [1.82, 2.24) is 5.32 Å². The van der Waals surface area contributed by atoms with Crippen LogP contribution in [-0.2, 0) is 6.54 Å². The highest BCUT2D eigenvalue weighted by molar-refractivity contribution is 5.46. The highest BCUT2D eigenvalue weighted by Gasteiger charge is 2.08. The van der Waals surface area contributed by atoms with Crippen molar-refractivity contribution in [2.45, 2.75) is 20.4 Å². The molecular weight excluding hydrogens is 190 g/mol. The number of methoxy groups -OCH3 is 1. The van der Waals surface area contributed by atoms with Gasteiger partial charge in [-0.3, -0.25) is 0 Å². The Morgan fingerprint density at radius 3 is 2.67 bits per heavy atom. The summed E-state index contributed by atoms with van der Waals surface area (Å²) in [6.45, 7) is 6.47. The Labute approximate surface area is 91.4 Å². The third-order valence-electron chi connectivity index (χ3n) is 2.13. The Balaban J connectivity index is 2.90. The smallest absolute Gasteiger partial charge is 0.165 e. The van der Waals surface area contributed by atoms with E-state index in [2.05, 4.69) is 18.3 Å². The molecule has 0 radical (unpaired) electrons. The Kier molecular flexibility index (Phi) is 4.98. The SMILES string of the molecule is CCNCc1cccc(OC)c1OCC. The molecular formula is C12H19NO2. The van der Waals surface area contributed by atoms with Gasteiger partial charge < -0.3 is 14.8 Å². The van der Waals surface area contributed by atoms with Crippen molar-refractivity contribution in [3.05, 3.63) is 23.8 Å². The maximum atomic E-state index is 5.59. The Hall–Kier alpha value is -1.22. The minimum Gasteiger partial charge on any atom is -0.493 e. The second-order valence-corrected chi connectivity index (χ2v) is 3.16. The molecule has 1 aromatic carbocycles. The van der Waals surface area contributed by atoms with Gasteiger partial charge in [0.25, 0.3) is 0 Å².